The molecule has 1 fully saturated rings. The van der Waals surface area contributed by atoms with E-state index in [1.54, 1.807) is 7.11 Å². The van der Waals surface area contributed by atoms with Crippen LogP contribution in [-0.4, -0.2) is 105 Å². The van der Waals surface area contributed by atoms with Crippen LogP contribution in [-0.2, 0) is 9.59 Å². The van der Waals surface area contributed by atoms with Crippen LogP contribution in [0.25, 0.3) is 0 Å². The number of fused-ring (bicyclic) bond motifs is 1. The van der Waals surface area contributed by atoms with E-state index in [1.807, 2.05) is 17.0 Å². The van der Waals surface area contributed by atoms with Crippen molar-refractivity contribution in [3.63, 3.8) is 0 Å². The molecule has 0 spiro atoms. The summed E-state index contributed by atoms with van der Waals surface area (Å²) >= 11 is 0. The van der Waals surface area contributed by atoms with E-state index in [4.69, 9.17) is 14.2 Å². The van der Waals surface area contributed by atoms with E-state index in [0.717, 1.165) is 68.2 Å². The monoisotopic (exact) mass is 562 g/mol. The van der Waals surface area contributed by atoms with E-state index >= 15 is 0 Å². The lowest BCUT2D eigenvalue weighted by molar-refractivity contribution is -0.870. The molecule has 1 aromatic rings. The van der Waals surface area contributed by atoms with Gasteiger partial charge < -0.3 is 28.7 Å². The van der Waals surface area contributed by atoms with E-state index in [2.05, 4.69) is 46.8 Å². The van der Waals surface area contributed by atoms with Gasteiger partial charge in [0.1, 0.15) is 0 Å². The van der Waals surface area contributed by atoms with Gasteiger partial charge in [-0.2, -0.15) is 0 Å². The van der Waals surface area contributed by atoms with Crippen molar-refractivity contribution in [1.29, 1.82) is 0 Å². The van der Waals surface area contributed by atoms with Crippen LogP contribution in [0.2, 0.25) is 0 Å². The van der Waals surface area contributed by atoms with Crippen LogP contribution in [0, 0.1) is 11.8 Å². The Hall–Kier alpha value is -2.52. The number of likely N-dealkylation sites (tertiary alicyclic amines) is 1. The predicted octanol–water partition coefficient (Wildman–Crippen LogP) is 4.44. The van der Waals surface area contributed by atoms with Gasteiger partial charge in [0.2, 0.25) is 18.4 Å². The summed E-state index contributed by atoms with van der Waals surface area (Å²) in [5.41, 5.74) is 0.849. The Balaban J connectivity index is 1.89. The molecule has 2 heterocycles. The molecule has 0 saturated carbocycles. The first-order valence-corrected chi connectivity index (χ1v) is 15.0. The average Bonchev–Trinajstić information content (AvgIpc) is 3.49. The maximum absolute atomic E-state index is 13.8. The molecule has 0 radical (unpaired) electrons. The highest BCUT2D eigenvalue weighted by atomic mass is 16.7. The van der Waals surface area contributed by atoms with E-state index in [0.29, 0.717) is 29.7 Å². The van der Waals surface area contributed by atoms with Gasteiger partial charge in [-0.1, -0.05) is 40.0 Å². The molecule has 4 atom stereocenters. The van der Waals surface area contributed by atoms with Crippen LogP contribution < -0.4 is 14.2 Å². The number of quaternary nitrogens is 1. The summed E-state index contributed by atoms with van der Waals surface area (Å²) in [7, 11) is 8.08. The van der Waals surface area contributed by atoms with Crippen molar-refractivity contribution in [1.82, 2.24) is 9.80 Å². The third-order valence-electron chi connectivity index (χ3n) is 8.30. The van der Waals surface area contributed by atoms with E-state index in [1.165, 1.54) is 0 Å². The lowest BCUT2D eigenvalue weighted by Gasteiger charge is -2.32. The van der Waals surface area contributed by atoms with Crippen LogP contribution in [0.4, 0.5) is 0 Å². The van der Waals surface area contributed by atoms with E-state index < -0.39 is 11.9 Å². The fourth-order valence-corrected chi connectivity index (χ4v) is 6.23. The number of hydrogen-bond acceptors (Lipinski definition) is 6. The van der Waals surface area contributed by atoms with Crippen molar-refractivity contribution in [2.45, 2.75) is 71.3 Å². The Morgan fingerprint density at radius 1 is 1.15 bits per heavy atom. The highest BCUT2D eigenvalue weighted by Gasteiger charge is 2.48. The molecule has 1 aromatic carbocycles. The van der Waals surface area contributed by atoms with Crippen molar-refractivity contribution in [3.05, 3.63) is 17.7 Å². The molecule has 1 saturated heterocycles. The lowest BCUT2D eigenvalue weighted by Crippen LogP contribution is -2.46. The number of benzene rings is 1. The van der Waals surface area contributed by atoms with Gasteiger partial charge >= 0.3 is 5.97 Å². The van der Waals surface area contributed by atoms with Gasteiger partial charge in [0.05, 0.1) is 47.3 Å². The summed E-state index contributed by atoms with van der Waals surface area (Å²) in [5, 5.41) is 10.5. The zero-order valence-corrected chi connectivity index (χ0v) is 25.8. The smallest absolute Gasteiger partial charge is 0.308 e. The Morgan fingerprint density at radius 3 is 2.50 bits per heavy atom. The highest BCUT2D eigenvalue weighted by molar-refractivity contribution is 5.79. The Labute approximate surface area is 240 Å². The minimum Gasteiger partial charge on any atom is -0.493 e. The predicted molar refractivity (Wildman–Crippen MR) is 156 cm³/mol. The zero-order chi connectivity index (χ0) is 29.4. The average molecular weight is 563 g/mol. The number of hydrogen-bond donors (Lipinski definition) is 1. The van der Waals surface area contributed by atoms with Crippen molar-refractivity contribution < 1.29 is 33.4 Å². The maximum Gasteiger partial charge on any atom is 0.308 e. The van der Waals surface area contributed by atoms with Crippen molar-refractivity contribution in [2.24, 2.45) is 11.8 Å². The fourth-order valence-electron chi connectivity index (χ4n) is 6.23. The van der Waals surface area contributed by atoms with Gasteiger partial charge in [0, 0.05) is 38.0 Å². The normalized spacial score (nSPS) is 21.4. The Bertz CT molecular complexity index is 994. The van der Waals surface area contributed by atoms with Crippen LogP contribution in [0.5, 0.6) is 17.2 Å². The first-order valence-electron chi connectivity index (χ1n) is 15.0. The molecule has 0 aromatic heterocycles. The number of carboxylic acid groups (broad SMARTS) is 1. The minimum atomic E-state index is -0.823. The van der Waals surface area contributed by atoms with E-state index in [-0.39, 0.29) is 31.2 Å². The molecule has 2 aliphatic rings. The number of methoxy groups -OCH3 is 1. The number of carbonyl (C=O) groups is 2. The van der Waals surface area contributed by atoms with Gasteiger partial charge in [-0.15, -0.1) is 0 Å². The number of rotatable bonds is 16. The summed E-state index contributed by atoms with van der Waals surface area (Å²) in [6.45, 7) is 9.79. The molecular weight excluding hydrogens is 510 g/mol. The third-order valence-corrected chi connectivity index (χ3v) is 8.30. The molecule has 0 aliphatic carbocycles. The number of aliphatic carboxylic acids is 1. The quantitative estimate of drug-likeness (QED) is 0.298. The van der Waals surface area contributed by atoms with Gasteiger partial charge in [-0.3, -0.25) is 14.5 Å². The molecule has 226 valence electrons. The number of nitrogens with zero attached hydrogens (tertiary/aromatic N) is 3. The summed E-state index contributed by atoms with van der Waals surface area (Å²) < 4.78 is 17.7. The number of amides is 1. The van der Waals surface area contributed by atoms with Gasteiger partial charge in [-0.05, 0) is 36.5 Å². The molecule has 1 amide bonds. The second-order valence-electron chi connectivity index (χ2n) is 12.7. The van der Waals surface area contributed by atoms with Crippen molar-refractivity contribution in [2.75, 3.05) is 67.8 Å². The highest BCUT2D eigenvalue weighted by Crippen LogP contribution is 2.47. The summed E-state index contributed by atoms with van der Waals surface area (Å²) in [6.07, 6.45) is 5.74. The maximum atomic E-state index is 13.8. The topological polar surface area (TPSA) is 88.5 Å². The van der Waals surface area contributed by atoms with Crippen LogP contribution >= 0.6 is 0 Å². The van der Waals surface area contributed by atoms with Crippen molar-refractivity contribution in [3.8, 4) is 17.2 Å². The first kappa shape index (κ1) is 32.0. The standard InChI is InChI=1S/C31H51N3O6/c1-8-10-13-32(14-11-15-34(4,5)6)28(35)20-33-19-24(29(31(36)37)25(33)16-22(3)12-9-2)23-17-26(38-7)30-27(18-23)39-21-40-30/h17-18,22,24-25,29H,8-16,19-21H2,1-7H3/p+1/t22?,24-,25+,29-/m1/s1. The minimum absolute atomic E-state index is 0.0936. The van der Waals surface area contributed by atoms with Crippen LogP contribution in [0.15, 0.2) is 12.1 Å². The molecule has 1 unspecified atom stereocenters. The second kappa shape index (κ2) is 14.4. The van der Waals surface area contributed by atoms with Gasteiger partial charge in [0.15, 0.2) is 11.5 Å². The summed E-state index contributed by atoms with van der Waals surface area (Å²) in [5.74, 6) is 0.368. The first-order chi connectivity index (χ1) is 19.0. The molecular formula is C31H52N3O6+. The molecule has 40 heavy (non-hydrogen) atoms. The Morgan fingerprint density at radius 2 is 1.88 bits per heavy atom. The molecule has 2 aliphatic heterocycles. The molecule has 0 bridgehead atoms. The number of ether oxygens (including phenoxy) is 3. The van der Waals surface area contributed by atoms with Crippen molar-refractivity contribution >= 4 is 11.9 Å². The summed E-state index contributed by atoms with van der Waals surface area (Å²) in [4.78, 5) is 30.8. The van der Waals surface area contributed by atoms with E-state index in [9.17, 15) is 14.7 Å². The largest absolute Gasteiger partial charge is 0.493 e. The molecule has 1 N–H and O–H groups in total. The Kier molecular flexibility index (Phi) is 11.5. The zero-order valence-electron chi connectivity index (χ0n) is 25.8. The lowest BCUT2D eigenvalue weighted by atomic mass is 9.81. The number of carbonyl (C=O) groups excluding carboxylic acids is 1. The molecule has 9 heteroatoms. The number of unbranched alkanes of at least 4 members (excludes halogenated alkanes) is 1. The van der Waals surface area contributed by atoms with Crippen LogP contribution in [0.3, 0.4) is 0 Å². The van der Waals surface area contributed by atoms with Crippen LogP contribution in [0.1, 0.15) is 70.8 Å². The number of carboxylic acids is 1. The molecule has 9 nitrogen and oxygen atoms in total. The van der Waals surface area contributed by atoms with Gasteiger partial charge in [0.25, 0.3) is 0 Å². The second-order valence-corrected chi connectivity index (χ2v) is 12.7. The molecule has 3 rings (SSSR count). The third kappa shape index (κ3) is 8.26. The van der Waals surface area contributed by atoms with Gasteiger partial charge in [-0.25, -0.2) is 0 Å². The fraction of sp³-hybridized carbons (Fsp3) is 0.742. The SMILES string of the molecule is CCCCN(CCC[N+](C)(C)C)C(=O)CN1C[C@H](c2cc(OC)c3c(c2)OCO3)[C@@H](C(=O)O)[C@@H]1CC(C)CCC. The summed E-state index contributed by atoms with van der Waals surface area (Å²) in [6, 6.07) is 3.54.